The summed E-state index contributed by atoms with van der Waals surface area (Å²) in [6, 6.07) is 5.14. The molecule has 0 saturated heterocycles. The van der Waals surface area contributed by atoms with Crippen molar-refractivity contribution >= 4 is 17.5 Å². The number of rotatable bonds is 4. The van der Waals surface area contributed by atoms with Crippen molar-refractivity contribution in [2.45, 2.75) is 6.92 Å². The molecule has 5 nitrogen and oxygen atoms in total. The lowest BCUT2D eigenvalue weighted by Crippen LogP contribution is -2.14. The highest BCUT2D eigenvalue weighted by Gasteiger charge is 2.03. The van der Waals surface area contributed by atoms with Gasteiger partial charge in [-0.05, 0) is 30.7 Å². The maximum atomic E-state index is 10.3. The first-order valence-electron chi connectivity index (χ1n) is 4.41. The summed E-state index contributed by atoms with van der Waals surface area (Å²) >= 11 is 0. The Morgan fingerprint density at radius 1 is 1.60 bits per heavy atom. The van der Waals surface area contributed by atoms with E-state index in [0.717, 1.165) is 11.3 Å². The summed E-state index contributed by atoms with van der Waals surface area (Å²) < 4.78 is 0. The fourth-order valence-electron chi connectivity index (χ4n) is 1.20. The van der Waals surface area contributed by atoms with Gasteiger partial charge in [0.1, 0.15) is 12.4 Å². The number of benzene rings is 1. The molecule has 0 saturated carbocycles. The number of hydrogen-bond donors (Lipinski definition) is 4. The Kier molecular flexibility index (Phi) is 3.28. The van der Waals surface area contributed by atoms with E-state index in [2.05, 4.69) is 5.32 Å². The third-order valence-electron chi connectivity index (χ3n) is 1.97. The molecule has 1 aromatic carbocycles. The lowest BCUT2D eigenvalue weighted by Gasteiger charge is -2.08. The van der Waals surface area contributed by atoms with Gasteiger partial charge in [0.2, 0.25) is 0 Å². The smallest absolute Gasteiger partial charge is 0.322 e. The summed E-state index contributed by atoms with van der Waals surface area (Å²) in [5.74, 6) is -0.909. The number of carboxylic acids is 1. The molecule has 15 heavy (non-hydrogen) atoms. The molecule has 80 valence electrons. The average Bonchev–Trinajstić information content (AvgIpc) is 2.15. The van der Waals surface area contributed by atoms with Gasteiger partial charge in [-0.3, -0.25) is 10.2 Å². The Bertz CT molecular complexity index is 402. The number of nitrogen functional groups attached to an aromatic ring is 1. The van der Waals surface area contributed by atoms with Crippen molar-refractivity contribution in [1.82, 2.24) is 0 Å². The normalized spacial score (nSPS) is 9.67. The zero-order valence-corrected chi connectivity index (χ0v) is 8.37. The van der Waals surface area contributed by atoms with Crippen molar-refractivity contribution in [2.24, 2.45) is 5.73 Å². The number of amidine groups is 1. The van der Waals surface area contributed by atoms with E-state index in [9.17, 15) is 4.79 Å². The number of carbonyl (C=O) groups is 1. The minimum Gasteiger partial charge on any atom is -0.480 e. The molecule has 0 amide bonds. The van der Waals surface area contributed by atoms with Gasteiger partial charge in [0, 0.05) is 11.3 Å². The Labute approximate surface area is 87.4 Å². The fraction of sp³-hybridized carbons (Fsp3) is 0.200. The molecule has 0 fully saturated rings. The Hall–Kier alpha value is -2.04. The highest BCUT2D eigenvalue weighted by Crippen LogP contribution is 2.15. The number of anilines is 1. The second kappa shape index (κ2) is 4.45. The third kappa shape index (κ3) is 2.98. The van der Waals surface area contributed by atoms with E-state index < -0.39 is 5.97 Å². The molecular weight excluding hydrogens is 194 g/mol. The Morgan fingerprint density at radius 2 is 2.27 bits per heavy atom. The first-order valence-corrected chi connectivity index (χ1v) is 4.41. The van der Waals surface area contributed by atoms with E-state index in [4.69, 9.17) is 16.2 Å². The predicted molar refractivity (Wildman–Crippen MR) is 58.3 cm³/mol. The summed E-state index contributed by atoms with van der Waals surface area (Å²) in [5.41, 5.74) is 7.56. The van der Waals surface area contributed by atoms with Crippen LogP contribution in [0.5, 0.6) is 0 Å². The quantitative estimate of drug-likeness (QED) is 0.433. The number of hydrogen-bond acceptors (Lipinski definition) is 3. The summed E-state index contributed by atoms with van der Waals surface area (Å²) in [6.07, 6.45) is 0. The van der Waals surface area contributed by atoms with Crippen LogP contribution in [0.15, 0.2) is 18.2 Å². The molecular formula is C10H13N3O2. The highest BCUT2D eigenvalue weighted by molar-refractivity contribution is 5.95. The van der Waals surface area contributed by atoms with Gasteiger partial charge < -0.3 is 16.2 Å². The van der Waals surface area contributed by atoms with Gasteiger partial charge in [-0.2, -0.15) is 0 Å². The first kappa shape index (κ1) is 11.0. The SMILES string of the molecule is Cc1cc(C(=N)N)ccc1NCC(=O)O. The van der Waals surface area contributed by atoms with E-state index >= 15 is 0 Å². The van der Waals surface area contributed by atoms with Crippen LogP contribution >= 0.6 is 0 Å². The van der Waals surface area contributed by atoms with E-state index in [0.29, 0.717) is 5.56 Å². The molecule has 0 unspecified atom stereocenters. The second-order valence-electron chi connectivity index (χ2n) is 3.19. The van der Waals surface area contributed by atoms with E-state index in [-0.39, 0.29) is 12.4 Å². The van der Waals surface area contributed by atoms with Gasteiger partial charge in [0.05, 0.1) is 0 Å². The summed E-state index contributed by atoms with van der Waals surface area (Å²) in [5, 5.41) is 18.5. The van der Waals surface area contributed by atoms with Gasteiger partial charge in [0.15, 0.2) is 0 Å². The lowest BCUT2D eigenvalue weighted by atomic mass is 10.1. The molecule has 0 radical (unpaired) electrons. The maximum Gasteiger partial charge on any atom is 0.322 e. The van der Waals surface area contributed by atoms with Crippen LogP contribution < -0.4 is 11.1 Å². The summed E-state index contributed by atoms with van der Waals surface area (Å²) in [7, 11) is 0. The molecule has 5 heteroatoms. The van der Waals surface area contributed by atoms with Crippen LogP contribution in [-0.4, -0.2) is 23.5 Å². The summed E-state index contributed by atoms with van der Waals surface area (Å²) in [4.78, 5) is 10.3. The molecule has 0 aliphatic rings. The minimum atomic E-state index is -0.912. The monoisotopic (exact) mass is 207 g/mol. The molecule has 0 spiro atoms. The van der Waals surface area contributed by atoms with Gasteiger partial charge in [-0.1, -0.05) is 0 Å². The van der Waals surface area contributed by atoms with Crippen LogP contribution in [0.3, 0.4) is 0 Å². The van der Waals surface area contributed by atoms with Crippen LogP contribution in [0.4, 0.5) is 5.69 Å². The first-order chi connectivity index (χ1) is 7.00. The number of aliphatic carboxylic acids is 1. The Balaban J connectivity index is 2.83. The molecule has 1 aromatic rings. The van der Waals surface area contributed by atoms with Crippen molar-refractivity contribution in [3.63, 3.8) is 0 Å². The number of carboxylic acid groups (broad SMARTS) is 1. The summed E-state index contributed by atoms with van der Waals surface area (Å²) in [6.45, 7) is 1.71. The van der Waals surface area contributed by atoms with Crippen molar-refractivity contribution in [3.8, 4) is 0 Å². The molecule has 0 aliphatic carbocycles. The minimum absolute atomic E-state index is 0.00267. The highest BCUT2D eigenvalue weighted by atomic mass is 16.4. The van der Waals surface area contributed by atoms with Crippen LogP contribution in [-0.2, 0) is 4.79 Å². The lowest BCUT2D eigenvalue weighted by molar-refractivity contribution is -0.134. The molecule has 0 bridgehead atoms. The van der Waals surface area contributed by atoms with Crippen molar-refractivity contribution in [2.75, 3.05) is 11.9 Å². The zero-order chi connectivity index (χ0) is 11.4. The van der Waals surface area contributed by atoms with Crippen LogP contribution in [0.2, 0.25) is 0 Å². The van der Waals surface area contributed by atoms with Gasteiger partial charge in [-0.25, -0.2) is 0 Å². The van der Waals surface area contributed by atoms with E-state index in [1.807, 2.05) is 6.92 Å². The van der Waals surface area contributed by atoms with Gasteiger partial charge in [0.25, 0.3) is 0 Å². The van der Waals surface area contributed by atoms with E-state index in [1.54, 1.807) is 18.2 Å². The number of aryl methyl sites for hydroxylation is 1. The van der Waals surface area contributed by atoms with Gasteiger partial charge in [-0.15, -0.1) is 0 Å². The third-order valence-corrected chi connectivity index (χ3v) is 1.97. The van der Waals surface area contributed by atoms with E-state index in [1.165, 1.54) is 0 Å². The van der Waals surface area contributed by atoms with Crippen LogP contribution in [0.1, 0.15) is 11.1 Å². The number of nitrogens with one attached hydrogen (secondary N) is 2. The van der Waals surface area contributed by atoms with Crippen molar-refractivity contribution in [1.29, 1.82) is 5.41 Å². The maximum absolute atomic E-state index is 10.3. The molecule has 1 rings (SSSR count). The molecule has 0 aliphatic heterocycles. The standard InChI is InChI=1S/C10H13N3O2/c1-6-4-7(10(11)12)2-3-8(6)13-5-9(14)15/h2-4,13H,5H2,1H3,(H3,11,12)(H,14,15). The largest absolute Gasteiger partial charge is 0.480 e. The zero-order valence-electron chi connectivity index (χ0n) is 8.37. The van der Waals surface area contributed by atoms with Gasteiger partial charge >= 0.3 is 5.97 Å². The topological polar surface area (TPSA) is 99.2 Å². The average molecular weight is 207 g/mol. The van der Waals surface area contributed by atoms with Crippen molar-refractivity contribution < 1.29 is 9.90 Å². The number of nitrogens with two attached hydrogens (primary N) is 1. The second-order valence-corrected chi connectivity index (χ2v) is 3.19. The van der Waals surface area contributed by atoms with Crippen molar-refractivity contribution in [3.05, 3.63) is 29.3 Å². The van der Waals surface area contributed by atoms with Crippen LogP contribution in [0, 0.1) is 12.3 Å². The van der Waals surface area contributed by atoms with Crippen LogP contribution in [0.25, 0.3) is 0 Å². The predicted octanol–water partition coefficient (Wildman–Crippen LogP) is 0.776. The molecule has 0 atom stereocenters. The molecule has 0 aromatic heterocycles. The Morgan fingerprint density at radius 3 is 2.73 bits per heavy atom. The molecule has 0 heterocycles. The fourth-order valence-corrected chi connectivity index (χ4v) is 1.20. The molecule has 5 N–H and O–H groups in total.